The number of nitrogens with zero attached hydrogens (tertiary/aromatic N) is 4. The highest BCUT2D eigenvalue weighted by Crippen LogP contribution is 2.17. The second-order valence-electron chi connectivity index (χ2n) is 7.31. The molecule has 0 bridgehead atoms. The number of rotatable bonds is 8. The van der Waals surface area contributed by atoms with Crippen LogP contribution in [0.15, 0.2) is 69.3 Å². The summed E-state index contributed by atoms with van der Waals surface area (Å²) in [6, 6.07) is 17.6. The van der Waals surface area contributed by atoms with Crippen LogP contribution in [0.25, 0.3) is 11.2 Å². The Balaban J connectivity index is 1.62. The van der Waals surface area contributed by atoms with Crippen LogP contribution in [0.5, 0.6) is 5.75 Å². The number of ether oxygens (including phenoxy) is 1. The molecule has 32 heavy (non-hydrogen) atoms. The Labute approximate surface area is 184 Å². The summed E-state index contributed by atoms with van der Waals surface area (Å²) in [5.74, 6) is 1.15. The predicted molar refractivity (Wildman–Crippen MR) is 125 cm³/mol. The number of anilines is 1. The van der Waals surface area contributed by atoms with E-state index in [0.29, 0.717) is 23.7 Å². The third-order valence-corrected chi connectivity index (χ3v) is 5.19. The maximum Gasteiger partial charge on any atom is 0.329 e. The first-order valence-electron chi connectivity index (χ1n) is 10.2. The number of hydrogen-bond donors (Lipinski definition) is 2. The maximum absolute atomic E-state index is 12.6. The molecular formula is C23H24N6O3. The lowest BCUT2D eigenvalue weighted by Gasteiger charge is -2.08. The van der Waals surface area contributed by atoms with Gasteiger partial charge < -0.3 is 9.30 Å². The number of aromatic nitrogens is 4. The van der Waals surface area contributed by atoms with Gasteiger partial charge in [0.1, 0.15) is 5.75 Å². The highest BCUT2D eigenvalue weighted by Gasteiger charge is 2.17. The molecule has 4 rings (SSSR count). The Morgan fingerprint density at radius 2 is 1.88 bits per heavy atom. The van der Waals surface area contributed by atoms with Gasteiger partial charge in [-0.25, -0.2) is 10.2 Å². The molecule has 0 saturated heterocycles. The van der Waals surface area contributed by atoms with Gasteiger partial charge in [0.2, 0.25) is 5.95 Å². The fourth-order valence-corrected chi connectivity index (χ4v) is 3.48. The normalized spacial score (nSPS) is 11.3. The molecule has 2 heterocycles. The van der Waals surface area contributed by atoms with E-state index >= 15 is 0 Å². The molecule has 0 saturated carbocycles. The lowest BCUT2D eigenvalue weighted by Crippen LogP contribution is -2.29. The molecule has 0 amide bonds. The van der Waals surface area contributed by atoms with Gasteiger partial charge in [-0.2, -0.15) is 10.1 Å². The third-order valence-electron chi connectivity index (χ3n) is 5.19. The van der Waals surface area contributed by atoms with E-state index in [1.807, 2.05) is 42.5 Å². The molecule has 2 aromatic heterocycles. The smallest absolute Gasteiger partial charge is 0.329 e. The average Bonchev–Trinajstić information content (AvgIpc) is 3.18. The standard InChI is InChI=1S/C23H24N6O3/c1-28-20-19(21(30)26-23(28)31)29(14-6-9-16-7-4-3-5-8-16)22(25-20)27-24-15-17-10-12-18(32-2)13-11-17/h3-5,7-8,10-13,15H,6,9,14H2,1-2H3,(H,25,27)(H,26,30,31)/b24-15+. The number of methoxy groups -OCH3 is 1. The first kappa shape index (κ1) is 21.1. The van der Waals surface area contributed by atoms with Gasteiger partial charge in [-0.15, -0.1) is 0 Å². The Kier molecular flexibility index (Phi) is 6.16. The van der Waals surface area contributed by atoms with E-state index in [2.05, 4.69) is 32.6 Å². The molecule has 2 N–H and O–H groups in total. The number of H-pyrrole nitrogens is 1. The van der Waals surface area contributed by atoms with Crippen molar-refractivity contribution >= 4 is 23.3 Å². The summed E-state index contributed by atoms with van der Waals surface area (Å²) < 4.78 is 8.25. The number of aromatic amines is 1. The van der Waals surface area contributed by atoms with Crippen molar-refractivity contribution in [3.63, 3.8) is 0 Å². The highest BCUT2D eigenvalue weighted by molar-refractivity contribution is 5.80. The number of imidazole rings is 1. The Morgan fingerprint density at radius 3 is 2.59 bits per heavy atom. The summed E-state index contributed by atoms with van der Waals surface area (Å²) in [6.45, 7) is 0.535. The number of benzene rings is 2. The molecule has 164 valence electrons. The van der Waals surface area contributed by atoms with Gasteiger partial charge in [0, 0.05) is 13.6 Å². The second-order valence-corrected chi connectivity index (χ2v) is 7.31. The van der Waals surface area contributed by atoms with Crippen LogP contribution in [0.4, 0.5) is 5.95 Å². The van der Waals surface area contributed by atoms with Crippen molar-refractivity contribution in [2.75, 3.05) is 12.5 Å². The van der Waals surface area contributed by atoms with Crippen molar-refractivity contribution in [2.24, 2.45) is 12.1 Å². The predicted octanol–water partition coefficient (Wildman–Crippen LogP) is 2.51. The van der Waals surface area contributed by atoms with E-state index in [1.54, 1.807) is 24.9 Å². The van der Waals surface area contributed by atoms with Gasteiger partial charge in [-0.05, 0) is 48.2 Å². The summed E-state index contributed by atoms with van der Waals surface area (Å²) in [6.07, 6.45) is 3.28. The maximum atomic E-state index is 12.6. The fourth-order valence-electron chi connectivity index (χ4n) is 3.48. The Morgan fingerprint density at radius 1 is 1.12 bits per heavy atom. The zero-order valence-electron chi connectivity index (χ0n) is 17.9. The summed E-state index contributed by atoms with van der Waals surface area (Å²) in [5.41, 5.74) is 4.67. The lowest BCUT2D eigenvalue weighted by atomic mass is 10.1. The van der Waals surface area contributed by atoms with Crippen molar-refractivity contribution < 1.29 is 4.74 Å². The van der Waals surface area contributed by atoms with Crippen LogP contribution in [0.1, 0.15) is 17.5 Å². The topological polar surface area (TPSA) is 106 Å². The van der Waals surface area contributed by atoms with Crippen LogP contribution >= 0.6 is 0 Å². The van der Waals surface area contributed by atoms with Crippen molar-refractivity contribution in [1.29, 1.82) is 0 Å². The fraction of sp³-hybridized carbons (Fsp3) is 0.217. The van der Waals surface area contributed by atoms with Crippen molar-refractivity contribution in [2.45, 2.75) is 19.4 Å². The zero-order chi connectivity index (χ0) is 22.5. The first-order valence-corrected chi connectivity index (χ1v) is 10.2. The quantitative estimate of drug-likeness (QED) is 0.329. The minimum Gasteiger partial charge on any atom is -0.497 e. The van der Waals surface area contributed by atoms with Gasteiger partial charge in [0.15, 0.2) is 11.2 Å². The molecule has 0 radical (unpaired) electrons. The first-order chi connectivity index (χ1) is 15.6. The molecule has 0 unspecified atom stereocenters. The highest BCUT2D eigenvalue weighted by atomic mass is 16.5. The SMILES string of the molecule is COc1ccc(/C=N/Nc2nc3c(c(=O)[nH]c(=O)n3C)n2CCCc2ccccc2)cc1. The second kappa shape index (κ2) is 9.34. The zero-order valence-corrected chi connectivity index (χ0v) is 17.9. The summed E-state index contributed by atoms with van der Waals surface area (Å²) in [4.78, 5) is 31.4. The van der Waals surface area contributed by atoms with E-state index in [1.165, 1.54) is 10.1 Å². The van der Waals surface area contributed by atoms with Gasteiger partial charge in [0.05, 0.1) is 13.3 Å². The molecule has 0 fully saturated rings. The van der Waals surface area contributed by atoms with Crippen LogP contribution in [0.2, 0.25) is 0 Å². The van der Waals surface area contributed by atoms with Crippen LogP contribution < -0.4 is 21.4 Å². The van der Waals surface area contributed by atoms with E-state index in [9.17, 15) is 9.59 Å². The van der Waals surface area contributed by atoms with Gasteiger partial charge in [0.25, 0.3) is 5.56 Å². The average molecular weight is 432 g/mol. The van der Waals surface area contributed by atoms with Gasteiger partial charge in [-0.1, -0.05) is 30.3 Å². The summed E-state index contributed by atoms with van der Waals surface area (Å²) in [5, 5.41) is 4.27. The monoisotopic (exact) mass is 432 g/mol. The molecule has 0 aliphatic rings. The van der Waals surface area contributed by atoms with Crippen molar-refractivity contribution in [3.05, 3.63) is 86.6 Å². The molecule has 0 spiro atoms. The molecule has 9 heteroatoms. The van der Waals surface area contributed by atoms with Crippen molar-refractivity contribution in [3.8, 4) is 5.75 Å². The minimum absolute atomic E-state index is 0.306. The van der Waals surface area contributed by atoms with Crippen molar-refractivity contribution in [1.82, 2.24) is 19.1 Å². The Hall–Kier alpha value is -4.14. The number of fused-ring (bicyclic) bond motifs is 1. The molecule has 0 atom stereocenters. The summed E-state index contributed by atoms with van der Waals surface area (Å²) in [7, 11) is 3.19. The van der Waals surface area contributed by atoms with Crippen LogP contribution in [0.3, 0.4) is 0 Å². The molecule has 2 aromatic carbocycles. The van der Waals surface area contributed by atoms with Crippen LogP contribution in [-0.4, -0.2) is 32.4 Å². The number of hydrazone groups is 1. The van der Waals surface area contributed by atoms with Gasteiger partial charge in [-0.3, -0.25) is 14.3 Å². The van der Waals surface area contributed by atoms with Crippen LogP contribution in [-0.2, 0) is 20.0 Å². The van der Waals surface area contributed by atoms with Gasteiger partial charge >= 0.3 is 5.69 Å². The van der Waals surface area contributed by atoms with E-state index in [4.69, 9.17) is 4.74 Å². The number of nitrogens with one attached hydrogen (secondary N) is 2. The molecule has 0 aliphatic heterocycles. The molecule has 4 aromatic rings. The Bertz CT molecular complexity index is 1350. The minimum atomic E-state index is -0.510. The molecule has 0 aliphatic carbocycles. The van der Waals surface area contributed by atoms with E-state index in [-0.39, 0.29) is 0 Å². The number of aryl methyl sites for hydroxylation is 3. The molecular weight excluding hydrogens is 408 g/mol. The van der Waals surface area contributed by atoms with E-state index < -0.39 is 11.2 Å². The number of hydrogen-bond acceptors (Lipinski definition) is 6. The third kappa shape index (κ3) is 4.46. The largest absolute Gasteiger partial charge is 0.497 e. The lowest BCUT2D eigenvalue weighted by molar-refractivity contribution is 0.415. The van der Waals surface area contributed by atoms with E-state index in [0.717, 1.165) is 24.2 Å². The molecule has 9 nitrogen and oxygen atoms in total. The van der Waals surface area contributed by atoms with Crippen LogP contribution in [0, 0.1) is 0 Å². The summed E-state index contributed by atoms with van der Waals surface area (Å²) >= 11 is 0.